The predicted octanol–water partition coefficient (Wildman–Crippen LogP) is 3.20. The number of nitrogens with zero attached hydrogens (tertiary/aromatic N) is 2. The normalized spacial score (nSPS) is 11.2. The van der Waals surface area contributed by atoms with Gasteiger partial charge in [0, 0.05) is 20.3 Å². The van der Waals surface area contributed by atoms with Crippen LogP contribution in [0.15, 0.2) is 24.3 Å². The summed E-state index contributed by atoms with van der Waals surface area (Å²) in [6.45, 7) is 1.76. The fourth-order valence-corrected chi connectivity index (χ4v) is 2.20. The maximum Gasteiger partial charge on any atom is 0.124 e. The molecule has 3 nitrogen and oxygen atoms in total. The lowest BCUT2D eigenvalue weighted by Gasteiger charge is -2.07. The Bertz CT molecular complexity index is 481. The average molecular weight is 253 g/mol. The summed E-state index contributed by atoms with van der Waals surface area (Å²) in [4.78, 5) is 4.53. The number of aromatic nitrogens is 2. The molecular formula is C13H17ClN2O. The largest absolute Gasteiger partial charge is 0.385 e. The molecule has 1 aromatic heterocycles. The van der Waals surface area contributed by atoms with E-state index in [0.717, 1.165) is 37.3 Å². The second-order valence-electron chi connectivity index (χ2n) is 4.00. The van der Waals surface area contributed by atoms with Crippen LogP contribution in [0.5, 0.6) is 0 Å². The first-order chi connectivity index (χ1) is 8.36. The lowest BCUT2D eigenvalue weighted by atomic mass is 10.3. The minimum absolute atomic E-state index is 0.457. The van der Waals surface area contributed by atoms with Crippen molar-refractivity contribution in [3.8, 4) is 0 Å². The molecule has 0 N–H and O–H groups in total. The fourth-order valence-electron chi connectivity index (χ4n) is 1.99. The number of alkyl halides is 1. The SMILES string of the molecule is COCCCCn1c(CCl)nc2ccccc21. The van der Waals surface area contributed by atoms with Gasteiger partial charge in [-0.15, -0.1) is 11.6 Å². The Labute approximate surface area is 106 Å². The maximum absolute atomic E-state index is 5.94. The van der Waals surface area contributed by atoms with Crippen molar-refractivity contribution in [1.29, 1.82) is 0 Å². The third-order valence-corrected chi connectivity index (χ3v) is 3.07. The number of benzene rings is 1. The maximum atomic E-state index is 5.94. The zero-order valence-electron chi connectivity index (χ0n) is 10.0. The van der Waals surface area contributed by atoms with Crippen molar-refractivity contribution in [3.05, 3.63) is 30.1 Å². The molecule has 0 radical (unpaired) electrons. The first-order valence-corrected chi connectivity index (χ1v) is 6.39. The zero-order chi connectivity index (χ0) is 12.1. The molecule has 1 heterocycles. The molecule has 0 amide bonds. The second kappa shape index (κ2) is 6.03. The summed E-state index contributed by atoms with van der Waals surface area (Å²) in [6.07, 6.45) is 2.14. The number of aryl methyl sites for hydroxylation is 1. The van der Waals surface area contributed by atoms with E-state index in [1.165, 1.54) is 5.52 Å². The number of unbranched alkanes of at least 4 members (excludes halogenated alkanes) is 1. The summed E-state index contributed by atoms with van der Waals surface area (Å²) < 4.78 is 7.26. The molecule has 0 atom stereocenters. The van der Waals surface area contributed by atoms with Gasteiger partial charge in [0.1, 0.15) is 5.82 Å². The van der Waals surface area contributed by atoms with E-state index in [0.29, 0.717) is 5.88 Å². The van der Waals surface area contributed by atoms with Crippen LogP contribution in [0.25, 0.3) is 11.0 Å². The molecule has 0 fully saturated rings. The molecule has 17 heavy (non-hydrogen) atoms. The van der Waals surface area contributed by atoms with Crippen molar-refractivity contribution in [3.63, 3.8) is 0 Å². The smallest absolute Gasteiger partial charge is 0.124 e. The highest BCUT2D eigenvalue weighted by molar-refractivity contribution is 6.16. The molecule has 0 aliphatic heterocycles. The number of methoxy groups -OCH3 is 1. The summed E-state index contributed by atoms with van der Waals surface area (Å²) in [5.74, 6) is 1.41. The van der Waals surface area contributed by atoms with E-state index in [1.807, 2.05) is 18.2 Å². The van der Waals surface area contributed by atoms with Gasteiger partial charge in [-0.3, -0.25) is 0 Å². The first kappa shape index (κ1) is 12.4. The molecule has 2 aromatic rings. The summed E-state index contributed by atoms with van der Waals surface area (Å²) in [5, 5.41) is 0. The molecule has 4 heteroatoms. The topological polar surface area (TPSA) is 27.1 Å². The predicted molar refractivity (Wildman–Crippen MR) is 70.4 cm³/mol. The summed E-state index contributed by atoms with van der Waals surface area (Å²) in [7, 11) is 1.73. The van der Waals surface area contributed by atoms with E-state index in [4.69, 9.17) is 16.3 Å². The van der Waals surface area contributed by atoms with Crippen LogP contribution < -0.4 is 0 Å². The van der Waals surface area contributed by atoms with Gasteiger partial charge in [-0.25, -0.2) is 4.98 Å². The Morgan fingerprint density at radius 3 is 2.88 bits per heavy atom. The van der Waals surface area contributed by atoms with Gasteiger partial charge in [0.15, 0.2) is 0 Å². The van der Waals surface area contributed by atoms with Gasteiger partial charge in [-0.2, -0.15) is 0 Å². The lowest BCUT2D eigenvalue weighted by molar-refractivity contribution is 0.191. The Morgan fingerprint density at radius 2 is 2.12 bits per heavy atom. The summed E-state index contributed by atoms with van der Waals surface area (Å²) in [6, 6.07) is 8.15. The molecule has 0 spiro atoms. The van der Waals surface area contributed by atoms with E-state index in [2.05, 4.69) is 15.6 Å². The third kappa shape index (κ3) is 2.79. The Kier molecular flexibility index (Phi) is 4.40. The molecule has 92 valence electrons. The number of halogens is 1. The van der Waals surface area contributed by atoms with E-state index in [-0.39, 0.29) is 0 Å². The number of rotatable bonds is 6. The van der Waals surface area contributed by atoms with E-state index in [9.17, 15) is 0 Å². The highest BCUT2D eigenvalue weighted by Gasteiger charge is 2.08. The van der Waals surface area contributed by atoms with E-state index >= 15 is 0 Å². The van der Waals surface area contributed by atoms with Gasteiger partial charge in [0.2, 0.25) is 0 Å². The van der Waals surface area contributed by atoms with Gasteiger partial charge in [0.05, 0.1) is 16.9 Å². The quantitative estimate of drug-likeness (QED) is 0.583. The molecule has 0 aliphatic rings. The molecule has 2 rings (SSSR count). The summed E-state index contributed by atoms with van der Waals surface area (Å²) >= 11 is 5.94. The second-order valence-corrected chi connectivity index (χ2v) is 4.27. The average Bonchev–Trinajstić information content (AvgIpc) is 2.73. The van der Waals surface area contributed by atoms with Gasteiger partial charge >= 0.3 is 0 Å². The number of hydrogen-bond acceptors (Lipinski definition) is 2. The van der Waals surface area contributed by atoms with Crippen LogP contribution in [0, 0.1) is 0 Å². The number of hydrogen-bond donors (Lipinski definition) is 0. The highest BCUT2D eigenvalue weighted by Crippen LogP contribution is 2.18. The first-order valence-electron chi connectivity index (χ1n) is 5.86. The van der Waals surface area contributed by atoms with Crippen molar-refractivity contribution in [1.82, 2.24) is 9.55 Å². The van der Waals surface area contributed by atoms with Gasteiger partial charge in [0.25, 0.3) is 0 Å². The number of fused-ring (bicyclic) bond motifs is 1. The van der Waals surface area contributed by atoms with Crippen LogP contribution in [0.2, 0.25) is 0 Å². The monoisotopic (exact) mass is 252 g/mol. The number of imidazole rings is 1. The molecule has 0 saturated heterocycles. The Balaban J connectivity index is 2.18. The van der Waals surface area contributed by atoms with Crippen molar-refractivity contribution >= 4 is 22.6 Å². The van der Waals surface area contributed by atoms with Crippen LogP contribution in [0.3, 0.4) is 0 Å². The van der Waals surface area contributed by atoms with Gasteiger partial charge < -0.3 is 9.30 Å². The van der Waals surface area contributed by atoms with Gasteiger partial charge in [-0.1, -0.05) is 12.1 Å². The summed E-state index contributed by atoms with van der Waals surface area (Å²) in [5.41, 5.74) is 2.19. The van der Waals surface area contributed by atoms with Crippen molar-refractivity contribution in [2.75, 3.05) is 13.7 Å². The van der Waals surface area contributed by atoms with Crippen LogP contribution in [-0.4, -0.2) is 23.3 Å². The fraction of sp³-hybridized carbons (Fsp3) is 0.462. The van der Waals surface area contributed by atoms with Crippen LogP contribution in [-0.2, 0) is 17.2 Å². The number of ether oxygens (including phenoxy) is 1. The van der Waals surface area contributed by atoms with E-state index in [1.54, 1.807) is 7.11 Å². The molecule has 0 aliphatic carbocycles. The van der Waals surface area contributed by atoms with Crippen LogP contribution in [0.1, 0.15) is 18.7 Å². The standard InChI is InChI=1S/C13H17ClN2O/c1-17-9-5-4-8-16-12-7-3-2-6-11(12)15-13(16)10-14/h2-3,6-7H,4-5,8-10H2,1H3. The van der Waals surface area contributed by atoms with Crippen LogP contribution in [0.4, 0.5) is 0 Å². The van der Waals surface area contributed by atoms with Crippen molar-refractivity contribution in [2.24, 2.45) is 0 Å². The minimum Gasteiger partial charge on any atom is -0.385 e. The molecule has 0 unspecified atom stereocenters. The van der Waals surface area contributed by atoms with Gasteiger partial charge in [-0.05, 0) is 25.0 Å². The lowest BCUT2D eigenvalue weighted by Crippen LogP contribution is -2.03. The zero-order valence-corrected chi connectivity index (χ0v) is 10.8. The highest BCUT2D eigenvalue weighted by atomic mass is 35.5. The third-order valence-electron chi connectivity index (χ3n) is 2.83. The van der Waals surface area contributed by atoms with E-state index < -0.39 is 0 Å². The molecule has 0 bridgehead atoms. The molecule has 0 saturated carbocycles. The number of para-hydroxylation sites is 2. The van der Waals surface area contributed by atoms with Crippen molar-refractivity contribution in [2.45, 2.75) is 25.3 Å². The van der Waals surface area contributed by atoms with Crippen molar-refractivity contribution < 1.29 is 4.74 Å². The molecular weight excluding hydrogens is 236 g/mol. The Morgan fingerprint density at radius 1 is 1.29 bits per heavy atom. The molecule has 1 aromatic carbocycles. The minimum atomic E-state index is 0.457. The Hall–Kier alpha value is -1.06. The van der Waals surface area contributed by atoms with Crippen LogP contribution >= 0.6 is 11.6 Å².